The van der Waals surface area contributed by atoms with E-state index in [0.29, 0.717) is 31.9 Å². The van der Waals surface area contributed by atoms with Gasteiger partial charge in [0.05, 0.1) is 5.92 Å². The van der Waals surface area contributed by atoms with Crippen LogP contribution >= 0.6 is 0 Å². The van der Waals surface area contributed by atoms with Crippen molar-refractivity contribution in [3.8, 4) is 0 Å². The lowest BCUT2D eigenvalue weighted by molar-refractivity contribution is -0.159. The number of amides is 3. The zero-order chi connectivity index (χ0) is 21.0. The van der Waals surface area contributed by atoms with Gasteiger partial charge in [-0.3, -0.25) is 14.9 Å². The maximum Gasteiger partial charge on any atom is 0.321 e. The minimum Gasteiger partial charge on any atom is -0.452 e. The van der Waals surface area contributed by atoms with Crippen LogP contribution in [-0.4, -0.2) is 48.1 Å². The molecule has 3 rings (SSSR count). The first-order valence-electron chi connectivity index (χ1n) is 9.76. The number of hydrogen-bond acceptors (Lipinski definition) is 7. The third-order valence-electron chi connectivity index (χ3n) is 4.70. The molecule has 0 radical (unpaired) electrons. The van der Waals surface area contributed by atoms with E-state index >= 15 is 0 Å². The molecule has 0 saturated carbocycles. The van der Waals surface area contributed by atoms with Gasteiger partial charge < -0.3 is 19.4 Å². The summed E-state index contributed by atoms with van der Waals surface area (Å²) in [5.41, 5.74) is 1.52. The minimum atomic E-state index is -1.05. The fourth-order valence-electron chi connectivity index (χ4n) is 3.14. The average Bonchev–Trinajstić information content (AvgIpc) is 3.11. The largest absolute Gasteiger partial charge is 0.452 e. The van der Waals surface area contributed by atoms with Crippen LogP contribution in [0.5, 0.6) is 0 Å². The fraction of sp³-hybridized carbons (Fsp3) is 0.500. The SMILES string of the molecule is CC(C)NC(=O)NC(=O)C(C)OC(=O)C1CCN(c2nc3ccccc3o2)CC1. The molecule has 2 N–H and O–H groups in total. The Balaban J connectivity index is 1.48. The van der Waals surface area contributed by atoms with Gasteiger partial charge in [-0.15, -0.1) is 0 Å². The van der Waals surface area contributed by atoms with Crippen molar-refractivity contribution < 1.29 is 23.5 Å². The molecule has 0 bridgehead atoms. The van der Waals surface area contributed by atoms with Crippen LogP contribution in [0.15, 0.2) is 28.7 Å². The van der Waals surface area contributed by atoms with Crippen LogP contribution in [0.2, 0.25) is 0 Å². The standard InChI is InChI=1S/C20H26N4O5/c1-12(2)21-19(27)23-17(25)13(3)28-18(26)14-8-10-24(11-9-14)20-22-15-6-4-5-7-16(15)29-20/h4-7,12-14H,8-11H2,1-3H3,(H2,21,23,25,27). The zero-order valence-corrected chi connectivity index (χ0v) is 16.8. The Hall–Kier alpha value is -3.10. The highest BCUT2D eigenvalue weighted by atomic mass is 16.5. The van der Waals surface area contributed by atoms with Gasteiger partial charge in [-0.1, -0.05) is 12.1 Å². The van der Waals surface area contributed by atoms with Crippen LogP contribution in [0, 0.1) is 5.92 Å². The summed E-state index contributed by atoms with van der Waals surface area (Å²) in [6.45, 7) is 6.21. The molecule has 1 saturated heterocycles. The van der Waals surface area contributed by atoms with Crippen molar-refractivity contribution in [3.05, 3.63) is 24.3 Å². The second-order valence-corrected chi connectivity index (χ2v) is 7.42. The monoisotopic (exact) mass is 402 g/mol. The van der Waals surface area contributed by atoms with Gasteiger partial charge in [0.1, 0.15) is 5.52 Å². The number of piperidine rings is 1. The van der Waals surface area contributed by atoms with Crippen LogP contribution in [0.3, 0.4) is 0 Å². The number of oxazole rings is 1. The van der Waals surface area contributed by atoms with Gasteiger partial charge in [0.25, 0.3) is 11.9 Å². The number of nitrogens with one attached hydrogen (secondary N) is 2. The first-order chi connectivity index (χ1) is 13.8. The second kappa shape index (κ2) is 8.93. The number of ether oxygens (including phenoxy) is 1. The number of anilines is 1. The number of urea groups is 1. The van der Waals surface area contributed by atoms with E-state index in [1.54, 1.807) is 13.8 Å². The zero-order valence-electron chi connectivity index (χ0n) is 16.8. The van der Waals surface area contributed by atoms with E-state index in [4.69, 9.17) is 9.15 Å². The van der Waals surface area contributed by atoms with Gasteiger partial charge in [-0.05, 0) is 45.7 Å². The lowest BCUT2D eigenvalue weighted by atomic mass is 9.97. The number of aromatic nitrogens is 1. The summed E-state index contributed by atoms with van der Waals surface area (Å²) in [4.78, 5) is 42.5. The van der Waals surface area contributed by atoms with Gasteiger partial charge >= 0.3 is 12.0 Å². The maximum atomic E-state index is 12.4. The van der Waals surface area contributed by atoms with Crippen molar-refractivity contribution >= 4 is 35.0 Å². The maximum absolute atomic E-state index is 12.4. The Morgan fingerprint density at radius 2 is 1.86 bits per heavy atom. The summed E-state index contributed by atoms with van der Waals surface area (Å²) < 4.78 is 11.0. The number of para-hydroxylation sites is 2. The van der Waals surface area contributed by atoms with E-state index in [9.17, 15) is 14.4 Å². The summed E-state index contributed by atoms with van der Waals surface area (Å²) in [6, 6.07) is 7.38. The Morgan fingerprint density at radius 3 is 2.52 bits per heavy atom. The van der Waals surface area contributed by atoms with Gasteiger partial charge in [-0.2, -0.15) is 4.98 Å². The molecule has 3 amide bonds. The molecule has 1 atom stereocenters. The smallest absolute Gasteiger partial charge is 0.321 e. The van der Waals surface area contributed by atoms with Gasteiger partial charge in [0.2, 0.25) is 0 Å². The molecule has 0 spiro atoms. The number of rotatable bonds is 5. The van der Waals surface area contributed by atoms with E-state index in [0.717, 1.165) is 11.1 Å². The molecule has 2 aromatic rings. The lowest BCUT2D eigenvalue weighted by Crippen LogP contribution is -2.47. The number of carbonyl (C=O) groups excluding carboxylic acids is 3. The first-order valence-corrected chi connectivity index (χ1v) is 9.76. The molecule has 156 valence electrons. The normalized spacial score (nSPS) is 15.9. The molecule has 9 nitrogen and oxygen atoms in total. The highest BCUT2D eigenvalue weighted by Crippen LogP contribution is 2.27. The number of carbonyl (C=O) groups is 3. The summed E-state index contributed by atoms with van der Waals surface area (Å²) >= 11 is 0. The molecule has 1 unspecified atom stereocenters. The summed E-state index contributed by atoms with van der Waals surface area (Å²) in [6.07, 6.45) is 0.0925. The Labute approximate surface area is 168 Å². The average molecular weight is 402 g/mol. The molecule has 2 heterocycles. The molecular formula is C20H26N4O5. The third kappa shape index (κ3) is 5.24. The Bertz CT molecular complexity index is 853. The predicted molar refractivity (Wildman–Crippen MR) is 106 cm³/mol. The van der Waals surface area contributed by atoms with Gasteiger partial charge in [-0.25, -0.2) is 4.79 Å². The number of fused-ring (bicyclic) bond motifs is 1. The fourth-order valence-corrected chi connectivity index (χ4v) is 3.14. The molecule has 0 aliphatic carbocycles. The van der Waals surface area contributed by atoms with Crippen LogP contribution < -0.4 is 15.5 Å². The number of nitrogens with zero attached hydrogens (tertiary/aromatic N) is 2. The lowest BCUT2D eigenvalue weighted by Gasteiger charge is -2.30. The molecule has 1 fully saturated rings. The van der Waals surface area contributed by atoms with E-state index in [1.165, 1.54) is 6.92 Å². The topological polar surface area (TPSA) is 114 Å². The van der Waals surface area contributed by atoms with Gasteiger partial charge in [0.15, 0.2) is 11.7 Å². The first kappa shape index (κ1) is 20.6. The predicted octanol–water partition coefficient (Wildman–Crippen LogP) is 2.21. The quantitative estimate of drug-likeness (QED) is 0.737. The van der Waals surface area contributed by atoms with Crippen molar-refractivity contribution in [2.24, 2.45) is 5.92 Å². The van der Waals surface area contributed by atoms with E-state index in [-0.39, 0.29) is 12.0 Å². The van der Waals surface area contributed by atoms with Crippen molar-refractivity contribution in [1.29, 1.82) is 0 Å². The summed E-state index contributed by atoms with van der Waals surface area (Å²) in [5.74, 6) is -1.40. The summed E-state index contributed by atoms with van der Waals surface area (Å²) in [7, 11) is 0. The number of esters is 1. The second-order valence-electron chi connectivity index (χ2n) is 7.42. The van der Waals surface area contributed by atoms with E-state index in [2.05, 4.69) is 15.6 Å². The van der Waals surface area contributed by atoms with Crippen molar-refractivity contribution in [1.82, 2.24) is 15.6 Å². The Morgan fingerprint density at radius 1 is 1.17 bits per heavy atom. The number of benzene rings is 1. The van der Waals surface area contributed by atoms with Crippen LogP contribution in [0.4, 0.5) is 10.8 Å². The van der Waals surface area contributed by atoms with Crippen LogP contribution in [0.1, 0.15) is 33.6 Å². The molecule has 1 aromatic heterocycles. The third-order valence-corrected chi connectivity index (χ3v) is 4.70. The van der Waals surface area contributed by atoms with Crippen molar-refractivity contribution in [2.75, 3.05) is 18.0 Å². The molecule has 1 aromatic carbocycles. The van der Waals surface area contributed by atoms with E-state index < -0.39 is 24.0 Å². The minimum absolute atomic E-state index is 0.105. The number of hydrogen-bond donors (Lipinski definition) is 2. The highest BCUT2D eigenvalue weighted by Gasteiger charge is 2.30. The Kier molecular flexibility index (Phi) is 6.36. The molecule has 9 heteroatoms. The van der Waals surface area contributed by atoms with Crippen LogP contribution in [-0.2, 0) is 14.3 Å². The summed E-state index contributed by atoms with van der Waals surface area (Å²) in [5, 5.41) is 4.71. The highest BCUT2D eigenvalue weighted by molar-refractivity contribution is 5.97. The molecular weight excluding hydrogens is 376 g/mol. The van der Waals surface area contributed by atoms with Crippen molar-refractivity contribution in [3.63, 3.8) is 0 Å². The van der Waals surface area contributed by atoms with Crippen LogP contribution in [0.25, 0.3) is 11.1 Å². The molecule has 29 heavy (non-hydrogen) atoms. The van der Waals surface area contributed by atoms with E-state index in [1.807, 2.05) is 29.2 Å². The number of imide groups is 1. The molecule has 1 aliphatic rings. The molecule has 1 aliphatic heterocycles. The van der Waals surface area contributed by atoms with Gasteiger partial charge in [0, 0.05) is 19.1 Å². The van der Waals surface area contributed by atoms with Crippen molar-refractivity contribution in [2.45, 2.75) is 45.8 Å².